The van der Waals surface area contributed by atoms with Crippen molar-refractivity contribution in [2.45, 2.75) is 39.7 Å². The first kappa shape index (κ1) is 19.0. The minimum Gasteiger partial charge on any atom is -0.481 e. The highest BCUT2D eigenvalue weighted by Gasteiger charge is 2.33. The maximum absolute atomic E-state index is 12.5. The van der Waals surface area contributed by atoms with Crippen LogP contribution in [0.2, 0.25) is 5.02 Å². The number of hydrogen-bond donors (Lipinski definition) is 3. The molecule has 0 saturated carbocycles. The Balaban J connectivity index is 3.08. The molecule has 0 aliphatic rings. The second-order valence-corrected chi connectivity index (χ2v) is 6.38. The van der Waals surface area contributed by atoms with E-state index in [-0.39, 0.29) is 28.8 Å². The van der Waals surface area contributed by atoms with Crippen molar-refractivity contribution < 1.29 is 19.5 Å². The molecule has 0 saturated heterocycles. The van der Waals surface area contributed by atoms with Crippen molar-refractivity contribution in [1.29, 1.82) is 0 Å². The van der Waals surface area contributed by atoms with Gasteiger partial charge in [0.05, 0.1) is 22.5 Å². The molecule has 0 heterocycles. The summed E-state index contributed by atoms with van der Waals surface area (Å²) < 4.78 is 0. The van der Waals surface area contributed by atoms with Crippen molar-refractivity contribution in [3.8, 4) is 0 Å². The molecule has 126 valence electrons. The third kappa shape index (κ3) is 5.25. The van der Waals surface area contributed by atoms with E-state index in [1.165, 1.54) is 19.1 Å². The van der Waals surface area contributed by atoms with Gasteiger partial charge in [-0.05, 0) is 31.0 Å². The van der Waals surface area contributed by atoms with Gasteiger partial charge in [0.25, 0.3) is 5.91 Å². The number of carbonyl (C=O) groups is 3. The summed E-state index contributed by atoms with van der Waals surface area (Å²) in [6.45, 7) is 6.70. The standard InChI is InChI=1S/C16H21ClN2O4/c1-9(2)16(4,8-14(21)22)19-15(23)12-7-11(18-10(3)20)5-6-13(12)17/h5-7,9H,8H2,1-4H3,(H,18,20)(H,19,23)(H,21,22). The molecule has 1 unspecified atom stereocenters. The molecule has 0 aliphatic heterocycles. The average Bonchev–Trinajstić information content (AvgIpc) is 2.39. The number of halogens is 1. The van der Waals surface area contributed by atoms with E-state index in [9.17, 15) is 14.4 Å². The summed E-state index contributed by atoms with van der Waals surface area (Å²) in [5, 5.41) is 14.6. The van der Waals surface area contributed by atoms with Gasteiger partial charge in [0.1, 0.15) is 0 Å². The summed E-state index contributed by atoms with van der Waals surface area (Å²) in [7, 11) is 0. The molecular formula is C16H21ClN2O4. The number of carboxylic acid groups (broad SMARTS) is 1. The number of rotatable bonds is 6. The zero-order chi connectivity index (χ0) is 17.8. The molecular weight excluding hydrogens is 320 g/mol. The normalized spacial score (nSPS) is 13.3. The molecule has 1 rings (SSSR count). The van der Waals surface area contributed by atoms with Gasteiger partial charge in [0, 0.05) is 12.6 Å². The minimum absolute atomic E-state index is 0.0974. The van der Waals surface area contributed by atoms with Gasteiger partial charge in [-0.15, -0.1) is 0 Å². The molecule has 0 fully saturated rings. The minimum atomic E-state index is -1.00. The van der Waals surface area contributed by atoms with Crippen LogP contribution in [0, 0.1) is 5.92 Å². The molecule has 1 atom stereocenters. The quantitative estimate of drug-likeness (QED) is 0.742. The maximum atomic E-state index is 12.5. The first-order valence-electron chi connectivity index (χ1n) is 7.16. The third-order valence-electron chi connectivity index (χ3n) is 3.72. The predicted octanol–water partition coefficient (Wildman–Crippen LogP) is 2.92. The molecule has 0 radical (unpaired) electrons. The molecule has 23 heavy (non-hydrogen) atoms. The van der Waals surface area contributed by atoms with Crippen molar-refractivity contribution in [2.24, 2.45) is 5.92 Å². The third-order valence-corrected chi connectivity index (χ3v) is 4.05. The Hall–Kier alpha value is -2.08. The monoisotopic (exact) mass is 340 g/mol. The van der Waals surface area contributed by atoms with Gasteiger partial charge in [-0.3, -0.25) is 14.4 Å². The lowest BCUT2D eigenvalue weighted by molar-refractivity contribution is -0.139. The molecule has 7 heteroatoms. The van der Waals surface area contributed by atoms with Crippen LogP contribution in [0.1, 0.15) is 44.5 Å². The van der Waals surface area contributed by atoms with Gasteiger partial charge in [-0.1, -0.05) is 25.4 Å². The van der Waals surface area contributed by atoms with Gasteiger partial charge in [0.2, 0.25) is 5.91 Å². The second-order valence-electron chi connectivity index (χ2n) is 5.97. The van der Waals surface area contributed by atoms with Crippen LogP contribution >= 0.6 is 11.6 Å². The first-order valence-corrected chi connectivity index (χ1v) is 7.54. The van der Waals surface area contributed by atoms with E-state index in [1.54, 1.807) is 13.0 Å². The number of anilines is 1. The Morgan fingerprint density at radius 1 is 1.30 bits per heavy atom. The zero-order valence-corrected chi connectivity index (χ0v) is 14.3. The van der Waals surface area contributed by atoms with Crippen LogP contribution in [0.5, 0.6) is 0 Å². The number of aliphatic carboxylic acids is 1. The topological polar surface area (TPSA) is 95.5 Å². The van der Waals surface area contributed by atoms with E-state index in [2.05, 4.69) is 10.6 Å². The van der Waals surface area contributed by atoms with Crippen molar-refractivity contribution in [1.82, 2.24) is 5.32 Å². The lowest BCUT2D eigenvalue weighted by atomic mass is 9.85. The van der Waals surface area contributed by atoms with Crippen LogP contribution in [0.15, 0.2) is 18.2 Å². The van der Waals surface area contributed by atoms with Crippen LogP contribution in [0.4, 0.5) is 5.69 Å². The molecule has 1 aromatic carbocycles. The fraction of sp³-hybridized carbons (Fsp3) is 0.438. The van der Waals surface area contributed by atoms with Crippen LogP contribution in [-0.2, 0) is 9.59 Å². The number of carboxylic acids is 1. The van der Waals surface area contributed by atoms with Crippen LogP contribution in [0.25, 0.3) is 0 Å². The Bertz CT molecular complexity index is 631. The molecule has 0 spiro atoms. The Kier molecular flexibility index (Phi) is 6.15. The fourth-order valence-corrected chi connectivity index (χ4v) is 2.22. The number of amides is 2. The second kappa shape index (κ2) is 7.46. The molecule has 0 aliphatic carbocycles. The van der Waals surface area contributed by atoms with Gasteiger partial charge in [-0.25, -0.2) is 0 Å². The predicted molar refractivity (Wildman–Crippen MR) is 88.7 cm³/mol. The van der Waals surface area contributed by atoms with E-state index in [0.29, 0.717) is 5.69 Å². The van der Waals surface area contributed by atoms with Crippen LogP contribution < -0.4 is 10.6 Å². The summed E-state index contributed by atoms with van der Waals surface area (Å²) in [6, 6.07) is 4.55. The van der Waals surface area contributed by atoms with Gasteiger partial charge < -0.3 is 15.7 Å². The van der Waals surface area contributed by atoms with Crippen molar-refractivity contribution >= 4 is 35.1 Å². The Morgan fingerprint density at radius 3 is 2.39 bits per heavy atom. The molecule has 1 aromatic rings. The van der Waals surface area contributed by atoms with Gasteiger partial charge in [0.15, 0.2) is 0 Å². The van der Waals surface area contributed by atoms with Crippen molar-refractivity contribution in [3.63, 3.8) is 0 Å². The van der Waals surface area contributed by atoms with Gasteiger partial charge in [-0.2, -0.15) is 0 Å². The summed E-state index contributed by atoms with van der Waals surface area (Å²) in [4.78, 5) is 34.7. The van der Waals surface area contributed by atoms with Crippen molar-refractivity contribution in [2.75, 3.05) is 5.32 Å². The lowest BCUT2D eigenvalue weighted by Gasteiger charge is -2.33. The van der Waals surface area contributed by atoms with E-state index in [0.717, 1.165) is 0 Å². The van der Waals surface area contributed by atoms with E-state index < -0.39 is 17.4 Å². The number of carbonyl (C=O) groups excluding carboxylic acids is 2. The molecule has 0 aromatic heterocycles. The lowest BCUT2D eigenvalue weighted by Crippen LogP contribution is -2.51. The number of benzene rings is 1. The Morgan fingerprint density at radius 2 is 1.91 bits per heavy atom. The number of hydrogen-bond acceptors (Lipinski definition) is 3. The molecule has 3 N–H and O–H groups in total. The van der Waals surface area contributed by atoms with Crippen molar-refractivity contribution in [3.05, 3.63) is 28.8 Å². The largest absolute Gasteiger partial charge is 0.481 e. The summed E-state index contributed by atoms with van der Waals surface area (Å²) in [5.41, 5.74) is -0.303. The maximum Gasteiger partial charge on any atom is 0.305 e. The summed E-state index contributed by atoms with van der Waals surface area (Å²) in [5.74, 6) is -1.85. The smallest absolute Gasteiger partial charge is 0.305 e. The van der Waals surface area contributed by atoms with E-state index in [4.69, 9.17) is 16.7 Å². The number of nitrogens with one attached hydrogen (secondary N) is 2. The molecule has 0 bridgehead atoms. The average molecular weight is 341 g/mol. The first-order chi connectivity index (χ1) is 10.5. The summed E-state index contributed by atoms with van der Waals surface area (Å²) >= 11 is 6.05. The van der Waals surface area contributed by atoms with Gasteiger partial charge >= 0.3 is 5.97 Å². The molecule has 2 amide bonds. The van der Waals surface area contributed by atoms with E-state index >= 15 is 0 Å². The van der Waals surface area contributed by atoms with Crippen LogP contribution in [-0.4, -0.2) is 28.4 Å². The fourth-order valence-electron chi connectivity index (χ4n) is 2.01. The molecule has 6 nitrogen and oxygen atoms in total. The highest BCUT2D eigenvalue weighted by molar-refractivity contribution is 6.34. The Labute approximate surface area is 140 Å². The highest BCUT2D eigenvalue weighted by Crippen LogP contribution is 2.25. The SMILES string of the molecule is CC(=O)Nc1ccc(Cl)c(C(=O)NC(C)(CC(=O)O)C(C)C)c1. The zero-order valence-electron chi connectivity index (χ0n) is 13.6. The van der Waals surface area contributed by atoms with Crippen LogP contribution in [0.3, 0.4) is 0 Å². The van der Waals surface area contributed by atoms with E-state index in [1.807, 2.05) is 13.8 Å². The highest BCUT2D eigenvalue weighted by atomic mass is 35.5. The summed E-state index contributed by atoms with van der Waals surface area (Å²) in [6.07, 6.45) is -0.209.